The number of hydrogen-bond donors (Lipinski definition) is 2. The fourth-order valence-corrected chi connectivity index (χ4v) is 5.22. The van der Waals surface area contributed by atoms with E-state index in [2.05, 4.69) is 25.7 Å². The summed E-state index contributed by atoms with van der Waals surface area (Å²) >= 11 is 0. The SMILES string of the molecule is O=C(Nc1ccc(-c2nnc(NC3CCC(CN4CCCC4)CC3)o2)c(C(F)(F)F)c1)c1ccccc1. The molecule has 1 amide bonds. The summed E-state index contributed by atoms with van der Waals surface area (Å²) < 4.78 is 47.3. The van der Waals surface area contributed by atoms with Gasteiger partial charge in [-0.1, -0.05) is 23.3 Å². The molecule has 1 aliphatic carbocycles. The van der Waals surface area contributed by atoms with E-state index in [1.54, 1.807) is 30.3 Å². The van der Waals surface area contributed by atoms with Crippen molar-refractivity contribution in [1.82, 2.24) is 15.1 Å². The number of hydrogen-bond acceptors (Lipinski definition) is 6. The molecule has 2 fully saturated rings. The number of aromatic nitrogens is 2. The Morgan fingerprint density at radius 2 is 1.73 bits per heavy atom. The van der Waals surface area contributed by atoms with Gasteiger partial charge in [0.15, 0.2) is 0 Å². The average Bonchev–Trinajstić information content (AvgIpc) is 3.58. The van der Waals surface area contributed by atoms with Crippen LogP contribution in [0.5, 0.6) is 0 Å². The summed E-state index contributed by atoms with van der Waals surface area (Å²) in [5.41, 5.74) is -0.831. The molecule has 2 aromatic carbocycles. The zero-order valence-electron chi connectivity index (χ0n) is 20.4. The van der Waals surface area contributed by atoms with Crippen LogP contribution in [0, 0.1) is 5.92 Å². The molecule has 0 unspecified atom stereocenters. The van der Waals surface area contributed by atoms with Gasteiger partial charge in [-0.15, -0.1) is 5.10 Å². The van der Waals surface area contributed by atoms with E-state index in [0.29, 0.717) is 11.5 Å². The Hall–Kier alpha value is -3.40. The van der Waals surface area contributed by atoms with Crippen LogP contribution in [0.15, 0.2) is 52.9 Å². The van der Waals surface area contributed by atoms with Crippen molar-refractivity contribution >= 4 is 17.6 Å². The van der Waals surface area contributed by atoms with Crippen LogP contribution in [0.25, 0.3) is 11.5 Å². The van der Waals surface area contributed by atoms with E-state index < -0.39 is 17.6 Å². The quantitative estimate of drug-likeness (QED) is 0.399. The van der Waals surface area contributed by atoms with Crippen LogP contribution in [0.3, 0.4) is 0 Å². The molecule has 1 aliphatic heterocycles. The van der Waals surface area contributed by atoms with Gasteiger partial charge >= 0.3 is 12.2 Å². The minimum absolute atomic E-state index is 0.0217. The molecule has 3 aromatic rings. The molecule has 2 heterocycles. The fraction of sp³-hybridized carbons (Fsp3) is 0.444. The Bertz CT molecular complexity index is 1200. The molecule has 0 spiro atoms. The zero-order valence-corrected chi connectivity index (χ0v) is 20.4. The summed E-state index contributed by atoms with van der Waals surface area (Å²) in [6.07, 6.45) is 2.01. The number of carbonyl (C=O) groups excluding carboxylic acids is 1. The number of carbonyl (C=O) groups is 1. The first-order valence-electron chi connectivity index (χ1n) is 12.8. The third kappa shape index (κ3) is 6.30. The Balaban J connectivity index is 1.24. The van der Waals surface area contributed by atoms with Crippen LogP contribution in [-0.2, 0) is 6.18 Å². The largest absolute Gasteiger partial charge is 0.417 e. The number of halogens is 3. The molecule has 1 saturated heterocycles. The maximum atomic E-state index is 13.9. The van der Waals surface area contributed by atoms with Crippen molar-refractivity contribution in [2.45, 2.75) is 50.7 Å². The molecule has 10 heteroatoms. The van der Waals surface area contributed by atoms with Gasteiger partial charge in [-0.3, -0.25) is 4.79 Å². The Morgan fingerprint density at radius 3 is 2.43 bits per heavy atom. The van der Waals surface area contributed by atoms with Crippen LogP contribution in [0.4, 0.5) is 24.9 Å². The second kappa shape index (κ2) is 10.9. The first-order chi connectivity index (χ1) is 17.8. The number of anilines is 2. The topological polar surface area (TPSA) is 83.3 Å². The van der Waals surface area contributed by atoms with Crippen molar-refractivity contribution in [1.29, 1.82) is 0 Å². The second-order valence-electron chi connectivity index (χ2n) is 9.86. The number of likely N-dealkylation sites (tertiary alicyclic amines) is 1. The molecule has 37 heavy (non-hydrogen) atoms. The summed E-state index contributed by atoms with van der Waals surface area (Å²) in [7, 11) is 0. The molecule has 5 rings (SSSR count). The predicted octanol–water partition coefficient (Wildman–Crippen LogP) is 6.07. The van der Waals surface area contributed by atoms with E-state index in [9.17, 15) is 18.0 Å². The van der Waals surface area contributed by atoms with Crippen molar-refractivity contribution in [3.05, 3.63) is 59.7 Å². The van der Waals surface area contributed by atoms with E-state index in [1.807, 2.05) is 0 Å². The van der Waals surface area contributed by atoms with Gasteiger partial charge < -0.3 is 20.0 Å². The molecule has 196 valence electrons. The van der Waals surface area contributed by atoms with Gasteiger partial charge in [-0.05, 0) is 87.9 Å². The maximum Gasteiger partial charge on any atom is 0.417 e. The number of benzene rings is 2. The molecular weight excluding hydrogens is 483 g/mol. The molecule has 2 N–H and O–H groups in total. The fourth-order valence-electron chi connectivity index (χ4n) is 5.22. The van der Waals surface area contributed by atoms with Crippen molar-refractivity contribution < 1.29 is 22.4 Å². The van der Waals surface area contributed by atoms with E-state index in [4.69, 9.17) is 4.42 Å². The third-order valence-corrected chi connectivity index (χ3v) is 7.16. The van der Waals surface area contributed by atoms with Crippen LogP contribution in [-0.4, -0.2) is 46.7 Å². The molecule has 1 saturated carbocycles. The molecule has 0 atom stereocenters. The highest BCUT2D eigenvalue weighted by atomic mass is 19.4. The van der Waals surface area contributed by atoms with Gasteiger partial charge in [0.25, 0.3) is 5.91 Å². The minimum atomic E-state index is -4.68. The number of nitrogens with zero attached hydrogens (tertiary/aromatic N) is 3. The van der Waals surface area contributed by atoms with Gasteiger partial charge in [-0.2, -0.15) is 13.2 Å². The number of alkyl halides is 3. The van der Waals surface area contributed by atoms with E-state index >= 15 is 0 Å². The van der Waals surface area contributed by atoms with E-state index in [1.165, 1.54) is 38.1 Å². The van der Waals surface area contributed by atoms with Gasteiger partial charge in [0, 0.05) is 23.8 Å². The van der Waals surface area contributed by atoms with Crippen LogP contribution < -0.4 is 10.6 Å². The van der Waals surface area contributed by atoms with E-state index in [0.717, 1.165) is 38.3 Å². The highest BCUT2D eigenvalue weighted by Crippen LogP contribution is 2.39. The smallest absolute Gasteiger partial charge is 0.403 e. The minimum Gasteiger partial charge on any atom is -0.403 e. The van der Waals surface area contributed by atoms with Crippen LogP contribution in [0.1, 0.15) is 54.4 Å². The van der Waals surface area contributed by atoms with Gasteiger partial charge in [0.05, 0.1) is 11.1 Å². The summed E-state index contributed by atoms with van der Waals surface area (Å²) in [5, 5.41) is 13.5. The lowest BCUT2D eigenvalue weighted by Gasteiger charge is -2.31. The summed E-state index contributed by atoms with van der Waals surface area (Å²) in [4.78, 5) is 14.9. The summed E-state index contributed by atoms with van der Waals surface area (Å²) in [5.74, 6) is -0.0379. The van der Waals surface area contributed by atoms with Crippen LogP contribution in [0.2, 0.25) is 0 Å². The maximum absolute atomic E-state index is 13.9. The van der Waals surface area contributed by atoms with Crippen molar-refractivity contribution in [3.8, 4) is 11.5 Å². The van der Waals surface area contributed by atoms with Gasteiger partial charge in [0.2, 0.25) is 5.89 Å². The predicted molar refractivity (Wildman–Crippen MR) is 134 cm³/mol. The lowest BCUT2D eigenvalue weighted by Crippen LogP contribution is -2.32. The highest BCUT2D eigenvalue weighted by molar-refractivity contribution is 6.04. The standard InChI is InChI=1S/C27H30F3N5O2/c28-27(29,30)23-16-21(31-24(36)19-6-2-1-3-7-19)12-13-22(23)25-33-34-26(37-25)32-20-10-8-18(9-11-20)17-35-14-4-5-15-35/h1-3,6-7,12-13,16,18,20H,4-5,8-11,14-15,17H2,(H,31,36)(H,32,34). The van der Waals surface area contributed by atoms with Crippen LogP contribution >= 0.6 is 0 Å². The lowest BCUT2D eigenvalue weighted by molar-refractivity contribution is -0.137. The average molecular weight is 514 g/mol. The normalized spacial score (nSPS) is 20.6. The number of amides is 1. The zero-order chi connectivity index (χ0) is 25.8. The summed E-state index contributed by atoms with van der Waals surface area (Å²) in [6.45, 7) is 3.55. The summed E-state index contributed by atoms with van der Waals surface area (Å²) in [6, 6.07) is 12.1. The second-order valence-corrected chi connectivity index (χ2v) is 9.86. The van der Waals surface area contributed by atoms with Crippen molar-refractivity contribution in [2.24, 2.45) is 5.92 Å². The first-order valence-corrected chi connectivity index (χ1v) is 12.8. The molecule has 0 bridgehead atoms. The first kappa shape index (κ1) is 25.3. The molecule has 1 aromatic heterocycles. The van der Waals surface area contributed by atoms with Crippen molar-refractivity contribution in [2.75, 3.05) is 30.3 Å². The molecule has 0 radical (unpaired) electrons. The van der Waals surface area contributed by atoms with Crippen molar-refractivity contribution in [3.63, 3.8) is 0 Å². The molecular formula is C27H30F3N5O2. The highest BCUT2D eigenvalue weighted by Gasteiger charge is 2.36. The molecule has 7 nitrogen and oxygen atoms in total. The Morgan fingerprint density at radius 1 is 1.00 bits per heavy atom. The Kier molecular flexibility index (Phi) is 7.45. The number of rotatable bonds is 7. The lowest BCUT2D eigenvalue weighted by atomic mass is 9.86. The third-order valence-electron chi connectivity index (χ3n) is 7.16. The molecule has 2 aliphatic rings. The van der Waals surface area contributed by atoms with E-state index in [-0.39, 0.29) is 29.2 Å². The Labute approximate surface area is 213 Å². The monoisotopic (exact) mass is 513 g/mol. The van der Waals surface area contributed by atoms with Gasteiger partial charge in [-0.25, -0.2) is 0 Å². The van der Waals surface area contributed by atoms with Gasteiger partial charge in [0.1, 0.15) is 0 Å². The number of nitrogens with one attached hydrogen (secondary N) is 2.